The summed E-state index contributed by atoms with van der Waals surface area (Å²) in [4.78, 5) is 14.2. The maximum absolute atomic E-state index is 12.8. The lowest BCUT2D eigenvalue weighted by Crippen LogP contribution is -2.35. The molecule has 28 heavy (non-hydrogen) atoms. The molecule has 1 fully saturated rings. The van der Waals surface area contributed by atoms with E-state index >= 15 is 0 Å². The van der Waals surface area contributed by atoms with Crippen molar-refractivity contribution in [3.8, 4) is 5.75 Å². The molecular formula is C21H24ClNO4S. The molecule has 2 aromatic carbocycles. The topological polar surface area (TPSA) is 63.7 Å². The van der Waals surface area contributed by atoms with Crippen molar-refractivity contribution in [2.24, 2.45) is 0 Å². The fourth-order valence-corrected chi connectivity index (χ4v) is 5.03. The lowest BCUT2D eigenvalue weighted by atomic mass is 10.0. The third-order valence-electron chi connectivity index (χ3n) is 4.99. The molecule has 7 heteroatoms. The Morgan fingerprint density at radius 1 is 1.14 bits per heavy atom. The first kappa shape index (κ1) is 20.7. The molecule has 0 spiro atoms. The number of halogens is 1. The number of likely N-dealkylation sites (tertiary alicyclic amines) is 1. The third kappa shape index (κ3) is 4.67. The first-order chi connectivity index (χ1) is 13.3. The van der Waals surface area contributed by atoms with E-state index in [4.69, 9.17) is 16.3 Å². The van der Waals surface area contributed by atoms with Crippen molar-refractivity contribution < 1.29 is 17.9 Å². The molecule has 1 heterocycles. The highest BCUT2D eigenvalue weighted by Crippen LogP contribution is 2.25. The summed E-state index contributed by atoms with van der Waals surface area (Å²) in [6.45, 7) is 4.71. The zero-order valence-electron chi connectivity index (χ0n) is 16.0. The molecule has 1 unspecified atom stereocenters. The second-order valence-corrected chi connectivity index (χ2v) is 9.93. The summed E-state index contributed by atoms with van der Waals surface area (Å²) >= 11 is 5.83. The molecule has 150 valence electrons. The van der Waals surface area contributed by atoms with Crippen LogP contribution in [-0.4, -0.2) is 44.2 Å². The molecule has 0 N–H and O–H groups in total. The van der Waals surface area contributed by atoms with E-state index in [-0.39, 0.29) is 24.0 Å². The summed E-state index contributed by atoms with van der Waals surface area (Å²) in [7, 11) is -3.50. The molecule has 1 saturated heterocycles. The van der Waals surface area contributed by atoms with Gasteiger partial charge in [-0.05, 0) is 54.3 Å². The van der Waals surface area contributed by atoms with Gasteiger partial charge in [-0.3, -0.25) is 4.79 Å². The van der Waals surface area contributed by atoms with Crippen molar-refractivity contribution in [2.45, 2.75) is 36.3 Å². The molecule has 1 aliphatic rings. The van der Waals surface area contributed by atoms with Crippen LogP contribution < -0.4 is 4.74 Å². The molecule has 5 nitrogen and oxygen atoms in total. The summed E-state index contributed by atoms with van der Waals surface area (Å²) in [5, 5.41) is -0.122. The number of carbonyl (C=O) groups excluding carboxylic acids is 1. The average Bonchev–Trinajstić information content (AvgIpc) is 3.18. The number of ether oxygens (including phenoxy) is 1. The minimum absolute atomic E-state index is 0.102. The van der Waals surface area contributed by atoms with Gasteiger partial charge in [0, 0.05) is 18.1 Å². The number of benzene rings is 2. The van der Waals surface area contributed by atoms with Crippen molar-refractivity contribution in [3.05, 3.63) is 59.1 Å². The molecule has 1 aliphatic heterocycles. The monoisotopic (exact) mass is 421 g/mol. The van der Waals surface area contributed by atoms with E-state index in [0.717, 1.165) is 0 Å². The van der Waals surface area contributed by atoms with Crippen molar-refractivity contribution >= 4 is 27.3 Å². The number of nitrogens with zero attached hydrogens (tertiary/aromatic N) is 1. The van der Waals surface area contributed by atoms with Gasteiger partial charge in [-0.15, -0.1) is 0 Å². The van der Waals surface area contributed by atoms with Crippen LogP contribution >= 0.6 is 11.6 Å². The number of rotatable bonds is 6. The summed E-state index contributed by atoms with van der Waals surface area (Å²) in [6.07, 6.45) is 0.416. The Morgan fingerprint density at radius 3 is 2.39 bits per heavy atom. The van der Waals surface area contributed by atoms with Gasteiger partial charge in [0.1, 0.15) is 5.75 Å². The number of carbonyl (C=O) groups is 1. The third-order valence-corrected chi connectivity index (χ3v) is 7.43. The first-order valence-corrected chi connectivity index (χ1v) is 11.2. The van der Waals surface area contributed by atoms with Crippen LogP contribution in [0.5, 0.6) is 5.75 Å². The molecule has 0 aromatic heterocycles. The predicted octanol–water partition coefficient (Wildman–Crippen LogP) is 3.92. The van der Waals surface area contributed by atoms with E-state index in [2.05, 4.69) is 13.8 Å². The Balaban J connectivity index is 1.57. The summed E-state index contributed by atoms with van der Waals surface area (Å²) in [5.41, 5.74) is 1.20. The van der Waals surface area contributed by atoms with E-state index in [1.165, 1.54) is 17.7 Å². The summed E-state index contributed by atoms with van der Waals surface area (Å²) in [5.74, 6) is 0.851. The molecule has 0 aliphatic carbocycles. The number of sulfone groups is 1. The van der Waals surface area contributed by atoms with Crippen molar-refractivity contribution in [3.63, 3.8) is 0 Å². The number of amides is 1. The minimum atomic E-state index is -3.50. The average molecular weight is 422 g/mol. The number of hydrogen-bond donors (Lipinski definition) is 0. The van der Waals surface area contributed by atoms with E-state index < -0.39 is 15.1 Å². The second-order valence-electron chi connectivity index (χ2n) is 7.26. The zero-order valence-corrected chi connectivity index (χ0v) is 17.5. The molecule has 0 saturated carbocycles. The number of hydrogen-bond acceptors (Lipinski definition) is 4. The van der Waals surface area contributed by atoms with Crippen LogP contribution in [0.2, 0.25) is 5.02 Å². The van der Waals surface area contributed by atoms with Crippen LogP contribution in [0.15, 0.2) is 53.4 Å². The van der Waals surface area contributed by atoms with Crippen LogP contribution in [0.4, 0.5) is 0 Å². The maximum Gasteiger partial charge on any atom is 0.260 e. The van der Waals surface area contributed by atoms with E-state index in [9.17, 15) is 13.2 Å². The second kappa shape index (κ2) is 8.53. The van der Waals surface area contributed by atoms with Crippen LogP contribution in [0.25, 0.3) is 0 Å². The van der Waals surface area contributed by atoms with E-state index in [0.29, 0.717) is 29.7 Å². The highest BCUT2D eigenvalue weighted by Gasteiger charge is 2.36. The van der Waals surface area contributed by atoms with Crippen LogP contribution in [-0.2, 0) is 14.6 Å². The van der Waals surface area contributed by atoms with Crippen molar-refractivity contribution in [1.29, 1.82) is 0 Å². The first-order valence-electron chi connectivity index (χ1n) is 9.27. The SMILES string of the molecule is CC(C)c1ccc(OCC(=O)N2CCC(S(=O)(=O)c3ccc(Cl)cc3)C2)cc1. The summed E-state index contributed by atoms with van der Waals surface area (Å²) in [6, 6.07) is 13.8. The van der Waals surface area contributed by atoms with Gasteiger partial charge in [0.2, 0.25) is 0 Å². The fourth-order valence-electron chi connectivity index (χ4n) is 3.21. The van der Waals surface area contributed by atoms with E-state index in [1.807, 2.05) is 24.3 Å². The van der Waals surface area contributed by atoms with Gasteiger partial charge < -0.3 is 9.64 Å². The lowest BCUT2D eigenvalue weighted by Gasteiger charge is -2.17. The smallest absolute Gasteiger partial charge is 0.260 e. The van der Waals surface area contributed by atoms with Crippen molar-refractivity contribution in [2.75, 3.05) is 19.7 Å². The zero-order chi connectivity index (χ0) is 20.3. The van der Waals surface area contributed by atoms with Gasteiger partial charge in [-0.1, -0.05) is 37.6 Å². The van der Waals surface area contributed by atoms with Crippen LogP contribution in [0, 0.1) is 0 Å². The Bertz CT molecular complexity index is 924. The molecule has 0 bridgehead atoms. The molecular weight excluding hydrogens is 398 g/mol. The quantitative estimate of drug-likeness (QED) is 0.709. The fraction of sp³-hybridized carbons (Fsp3) is 0.381. The van der Waals surface area contributed by atoms with Gasteiger partial charge in [-0.25, -0.2) is 8.42 Å². The van der Waals surface area contributed by atoms with Crippen LogP contribution in [0.1, 0.15) is 31.7 Å². The Hall–Kier alpha value is -2.05. The van der Waals surface area contributed by atoms with Crippen molar-refractivity contribution in [1.82, 2.24) is 4.90 Å². The van der Waals surface area contributed by atoms with Gasteiger partial charge in [-0.2, -0.15) is 0 Å². The largest absolute Gasteiger partial charge is 0.484 e. The van der Waals surface area contributed by atoms with Gasteiger partial charge in [0.25, 0.3) is 5.91 Å². The molecule has 1 amide bonds. The standard InChI is InChI=1S/C21H24ClNO4S/c1-15(2)16-3-7-18(8-4-16)27-14-21(24)23-12-11-20(13-23)28(25,26)19-9-5-17(22)6-10-19/h3-10,15,20H,11-14H2,1-2H3. The molecule has 1 atom stereocenters. The van der Waals surface area contributed by atoms with Crippen LogP contribution in [0.3, 0.4) is 0 Å². The van der Waals surface area contributed by atoms with Gasteiger partial charge in [0.05, 0.1) is 10.1 Å². The highest BCUT2D eigenvalue weighted by molar-refractivity contribution is 7.92. The summed E-state index contributed by atoms with van der Waals surface area (Å²) < 4.78 is 31.1. The molecule has 0 radical (unpaired) electrons. The van der Waals surface area contributed by atoms with Gasteiger partial charge >= 0.3 is 0 Å². The maximum atomic E-state index is 12.8. The Kier molecular flexibility index (Phi) is 6.30. The molecule has 2 aromatic rings. The van der Waals surface area contributed by atoms with E-state index in [1.54, 1.807) is 17.0 Å². The normalized spacial score (nSPS) is 17.1. The lowest BCUT2D eigenvalue weighted by molar-refractivity contribution is -0.132. The Labute approximate surface area is 171 Å². The molecule has 3 rings (SSSR count). The highest BCUT2D eigenvalue weighted by atomic mass is 35.5. The van der Waals surface area contributed by atoms with Gasteiger partial charge in [0.15, 0.2) is 16.4 Å². The Morgan fingerprint density at radius 2 is 1.79 bits per heavy atom. The predicted molar refractivity (Wildman–Crippen MR) is 110 cm³/mol. The minimum Gasteiger partial charge on any atom is -0.484 e.